The number of benzene rings is 1. The van der Waals surface area contributed by atoms with E-state index in [-0.39, 0.29) is 5.76 Å². The van der Waals surface area contributed by atoms with Crippen LogP contribution in [0.5, 0.6) is 0 Å². The molecule has 0 aliphatic carbocycles. The summed E-state index contributed by atoms with van der Waals surface area (Å²) in [5.74, 6) is -0.250. The molecular formula is C15H16N2O3S. The van der Waals surface area contributed by atoms with E-state index in [0.29, 0.717) is 18.0 Å². The van der Waals surface area contributed by atoms with E-state index in [1.807, 2.05) is 11.6 Å². The molecule has 1 aliphatic rings. The Morgan fingerprint density at radius 2 is 2.29 bits per heavy atom. The molecule has 1 aromatic carbocycles. The monoisotopic (exact) mass is 304 g/mol. The Balaban J connectivity index is 2.03. The van der Waals surface area contributed by atoms with Crippen LogP contribution in [0.4, 0.5) is 0 Å². The van der Waals surface area contributed by atoms with Gasteiger partial charge in [-0.1, -0.05) is 24.3 Å². The van der Waals surface area contributed by atoms with Crippen molar-refractivity contribution in [1.82, 2.24) is 4.57 Å². The lowest BCUT2D eigenvalue weighted by Gasteiger charge is -2.12. The fourth-order valence-electron chi connectivity index (χ4n) is 2.13. The van der Waals surface area contributed by atoms with Gasteiger partial charge in [-0.3, -0.25) is 4.79 Å². The molecule has 0 radical (unpaired) electrons. The third-order valence-electron chi connectivity index (χ3n) is 3.34. The highest BCUT2D eigenvalue weighted by Crippen LogP contribution is 2.19. The van der Waals surface area contributed by atoms with Gasteiger partial charge in [0.1, 0.15) is 19.5 Å². The minimum atomic E-state index is -0.410. The minimum Gasteiger partial charge on any atom is -0.494 e. The van der Waals surface area contributed by atoms with Crippen molar-refractivity contribution in [3.8, 4) is 0 Å². The molecule has 0 fully saturated rings. The molecule has 0 bridgehead atoms. The van der Waals surface area contributed by atoms with E-state index in [1.54, 1.807) is 0 Å². The van der Waals surface area contributed by atoms with Crippen LogP contribution in [-0.4, -0.2) is 23.7 Å². The topological polar surface area (TPSA) is 52.8 Å². The summed E-state index contributed by atoms with van der Waals surface area (Å²) in [5, 5.41) is 0. The van der Waals surface area contributed by atoms with E-state index < -0.39 is 5.91 Å². The zero-order chi connectivity index (χ0) is 14.8. The first-order chi connectivity index (χ1) is 10.2. The molecule has 0 N–H and O–H groups in total. The second kappa shape index (κ2) is 5.73. The Bertz CT molecular complexity index is 786. The Hall–Kier alpha value is -2.08. The lowest BCUT2D eigenvalue weighted by Crippen LogP contribution is -2.18. The van der Waals surface area contributed by atoms with Crippen molar-refractivity contribution in [2.45, 2.75) is 13.3 Å². The van der Waals surface area contributed by atoms with Crippen LogP contribution >= 0.6 is 11.3 Å². The van der Waals surface area contributed by atoms with E-state index >= 15 is 0 Å². The van der Waals surface area contributed by atoms with Crippen molar-refractivity contribution >= 4 is 27.5 Å². The molecule has 1 amide bonds. The summed E-state index contributed by atoms with van der Waals surface area (Å²) in [7, 11) is 1.91. The zero-order valence-corrected chi connectivity index (χ0v) is 12.8. The summed E-state index contributed by atoms with van der Waals surface area (Å²) in [5.41, 5.74) is 2.34. The van der Waals surface area contributed by atoms with Gasteiger partial charge in [0.15, 0.2) is 4.80 Å². The Kier molecular flexibility index (Phi) is 3.79. The molecule has 0 atom stereocenters. The predicted octanol–water partition coefficient (Wildman–Crippen LogP) is 2.12. The minimum absolute atomic E-state index is 0.160. The number of aryl methyl sites for hydroxylation is 2. The summed E-state index contributed by atoms with van der Waals surface area (Å²) in [6.45, 7) is 2.97. The molecule has 1 aromatic heterocycles. The fraction of sp³-hybridized carbons (Fsp3) is 0.333. The molecule has 3 rings (SSSR count). The van der Waals surface area contributed by atoms with Crippen LogP contribution in [0, 0.1) is 0 Å². The summed E-state index contributed by atoms with van der Waals surface area (Å²) in [6, 6.07) is 6.30. The SMILES string of the molecule is CCc1ccc2c(c1)sc(=NC(=O)C1=COCCO1)n2C. The highest BCUT2D eigenvalue weighted by atomic mass is 32.1. The molecule has 0 saturated carbocycles. The van der Waals surface area contributed by atoms with Crippen LogP contribution in [0.1, 0.15) is 12.5 Å². The lowest BCUT2D eigenvalue weighted by molar-refractivity contribution is -0.119. The molecule has 110 valence electrons. The normalized spacial score (nSPS) is 15.5. The summed E-state index contributed by atoms with van der Waals surface area (Å²) in [6.07, 6.45) is 2.32. The number of carbonyl (C=O) groups excluding carboxylic acids is 1. The molecule has 2 aromatic rings. The number of carbonyl (C=O) groups is 1. The van der Waals surface area contributed by atoms with Crippen LogP contribution in [0.25, 0.3) is 10.2 Å². The van der Waals surface area contributed by atoms with Gasteiger partial charge in [0.25, 0.3) is 0 Å². The molecule has 0 unspecified atom stereocenters. The molecule has 21 heavy (non-hydrogen) atoms. The number of nitrogens with zero attached hydrogens (tertiary/aromatic N) is 2. The van der Waals surface area contributed by atoms with Crippen molar-refractivity contribution in [3.63, 3.8) is 0 Å². The third kappa shape index (κ3) is 2.71. The van der Waals surface area contributed by atoms with Crippen molar-refractivity contribution in [3.05, 3.63) is 40.6 Å². The van der Waals surface area contributed by atoms with Gasteiger partial charge in [0, 0.05) is 7.05 Å². The van der Waals surface area contributed by atoms with Crippen LogP contribution in [0.15, 0.2) is 35.2 Å². The van der Waals surface area contributed by atoms with Gasteiger partial charge < -0.3 is 14.0 Å². The number of hydrogen-bond donors (Lipinski definition) is 0. The van der Waals surface area contributed by atoms with E-state index in [1.165, 1.54) is 23.2 Å². The average Bonchev–Trinajstić information content (AvgIpc) is 2.83. The Labute approximate surface area is 126 Å². The van der Waals surface area contributed by atoms with Gasteiger partial charge in [-0.25, -0.2) is 0 Å². The quantitative estimate of drug-likeness (QED) is 0.854. The van der Waals surface area contributed by atoms with Crippen molar-refractivity contribution in [2.75, 3.05) is 13.2 Å². The molecule has 2 heterocycles. The van der Waals surface area contributed by atoms with Gasteiger partial charge in [-0.05, 0) is 24.1 Å². The van der Waals surface area contributed by atoms with Gasteiger partial charge in [0.2, 0.25) is 5.76 Å². The highest BCUT2D eigenvalue weighted by Gasteiger charge is 2.15. The maximum absolute atomic E-state index is 12.1. The molecular weight excluding hydrogens is 288 g/mol. The Morgan fingerprint density at radius 1 is 1.43 bits per heavy atom. The summed E-state index contributed by atoms with van der Waals surface area (Å²) in [4.78, 5) is 16.9. The standard InChI is InChI=1S/C15H16N2O3S/c1-3-10-4-5-11-13(8-10)21-15(17(11)2)16-14(18)12-9-19-6-7-20-12/h4-5,8-9H,3,6-7H2,1-2H3. The van der Waals surface area contributed by atoms with E-state index in [9.17, 15) is 4.79 Å². The van der Waals surface area contributed by atoms with Gasteiger partial charge in [0.05, 0.1) is 10.2 Å². The molecule has 1 aliphatic heterocycles. The smallest absolute Gasteiger partial charge is 0.317 e. The maximum atomic E-state index is 12.1. The second-order valence-corrected chi connectivity index (χ2v) is 5.73. The number of aromatic nitrogens is 1. The van der Waals surface area contributed by atoms with E-state index in [2.05, 4.69) is 30.1 Å². The lowest BCUT2D eigenvalue weighted by atomic mass is 10.2. The van der Waals surface area contributed by atoms with Crippen LogP contribution in [0.2, 0.25) is 0 Å². The first-order valence-electron chi connectivity index (χ1n) is 6.81. The first-order valence-corrected chi connectivity index (χ1v) is 7.63. The number of thiazole rings is 1. The predicted molar refractivity (Wildman–Crippen MR) is 80.7 cm³/mol. The third-order valence-corrected chi connectivity index (χ3v) is 4.43. The van der Waals surface area contributed by atoms with Gasteiger partial charge in [-0.2, -0.15) is 4.99 Å². The molecule has 6 heteroatoms. The Morgan fingerprint density at radius 3 is 3.00 bits per heavy atom. The van der Waals surface area contributed by atoms with Gasteiger partial charge in [-0.15, -0.1) is 0 Å². The number of fused-ring (bicyclic) bond motifs is 1. The largest absolute Gasteiger partial charge is 0.494 e. The molecule has 0 spiro atoms. The van der Waals surface area contributed by atoms with E-state index in [0.717, 1.165) is 16.6 Å². The van der Waals surface area contributed by atoms with Crippen molar-refractivity contribution < 1.29 is 14.3 Å². The fourth-order valence-corrected chi connectivity index (χ4v) is 3.21. The zero-order valence-electron chi connectivity index (χ0n) is 12.0. The summed E-state index contributed by atoms with van der Waals surface area (Å²) < 4.78 is 13.4. The van der Waals surface area contributed by atoms with Crippen molar-refractivity contribution in [1.29, 1.82) is 0 Å². The highest BCUT2D eigenvalue weighted by molar-refractivity contribution is 7.16. The van der Waals surface area contributed by atoms with Crippen LogP contribution in [0.3, 0.4) is 0 Å². The second-order valence-electron chi connectivity index (χ2n) is 4.72. The number of rotatable bonds is 2. The van der Waals surface area contributed by atoms with Crippen LogP contribution in [-0.2, 0) is 27.7 Å². The van der Waals surface area contributed by atoms with Crippen LogP contribution < -0.4 is 4.80 Å². The molecule has 0 saturated heterocycles. The number of amides is 1. The first kappa shape index (κ1) is 13.9. The van der Waals surface area contributed by atoms with E-state index in [4.69, 9.17) is 9.47 Å². The number of hydrogen-bond acceptors (Lipinski definition) is 4. The molecule has 5 nitrogen and oxygen atoms in total. The average molecular weight is 304 g/mol. The maximum Gasteiger partial charge on any atom is 0.317 e. The summed E-state index contributed by atoms with van der Waals surface area (Å²) >= 11 is 1.50. The van der Waals surface area contributed by atoms with Gasteiger partial charge >= 0.3 is 5.91 Å². The number of ether oxygens (including phenoxy) is 2. The van der Waals surface area contributed by atoms with Crippen molar-refractivity contribution in [2.24, 2.45) is 12.0 Å².